The van der Waals surface area contributed by atoms with Crippen molar-refractivity contribution in [3.8, 4) is 5.75 Å². The Bertz CT molecular complexity index is 356. The van der Waals surface area contributed by atoms with Gasteiger partial charge in [0.1, 0.15) is 5.75 Å². The van der Waals surface area contributed by atoms with Crippen LogP contribution in [0.3, 0.4) is 0 Å². The molecule has 0 spiro atoms. The Balaban J connectivity index is 0.000000494. The number of methoxy groups -OCH3 is 1. The quantitative estimate of drug-likeness (QED) is 0.789. The molecule has 0 aliphatic rings. The van der Waals surface area contributed by atoms with Crippen molar-refractivity contribution in [1.29, 1.82) is 0 Å². The number of ether oxygens (including phenoxy) is 1. The van der Waals surface area contributed by atoms with Crippen molar-refractivity contribution < 1.29 is 14.6 Å². The summed E-state index contributed by atoms with van der Waals surface area (Å²) in [5, 5.41) is 11.5. The summed E-state index contributed by atoms with van der Waals surface area (Å²) >= 11 is 0. The average molecular weight is 251 g/mol. The first-order valence-corrected chi connectivity index (χ1v) is 5.89. The van der Waals surface area contributed by atoms with E-state index in [-0.39, 0.29) is 0 Å². The molecule has 100 valence electrons. The predicted molar refractivity (Wildman–Crippen MR) is 73.9 cm³/mol. The van der Waals surface area contributed by atoms with Crippen molar-refractivity contribution in [3.05, 3.63) is 35.9 Å². The zero-order valence-corrected chi connectivity index (χ0v) is 11.1. The number of aliphatic carboxylic acids is 1. The second-order valence-electron chi connectivity index (χ2n) is 3.40. The van der Waals surface area contributed by atoms with Crippen molar-refractivity contribution in [3.63, 3.8) is 0 Å². The van der Waals surface area contributed by atoms with E-state index >= 15 is 0 Å². The molecule has 4 nitrogen and oxygen atoms in total. The summed E-state index contributed by atoms with van der Waals surface area (Å²) < 4.78 is 4.95. The van der Waals surface area contributed by atoms with Crippen LogP contribution in [0.15, 0.2) is 30.3 Å². The van der Waals surface area contributed by atoms with Crippen LogP contribution < -0.4 is 10.1 Å². The number of nitrogens with one attached hydrogen (secondary N) is 1. The lowest BCUT2D eigenvalue weighted by Gasteiger charge is -1.98. The molecule has 0 atom stereocenters. The van der Waals surface area contributed by atoms with Gasteiger partial charge in [0.15, 0.2) is 0 Å². The first-order chi connectivity index (χ1) is 8.63. The van der Waals surface area contributed by atoms with Crippen LogP contribution in [-0.2, 0) is 4.79 Å². The summed E-state index contributed by atoms with van der Waals surface area (Å²) in [5.74, 6) is -0.191. The van der Waals surface area contributed by atoms with Crippen molar-refractivity contribution in [2.45, 2.75) is 13.8 Å². The molecule has 0 saturated carbocycles. The molecule has 18 heavy (non-hydrogen) atoms. The van der Waals surface area contributed by atoms with Crippen LogP contribution in [0.1, 0.15) is 19.4 Å². The molecule has 0 aliphatic carbocycles. The van der Waals surface area contributed by atoms with Crippen LogP contribution in [0.5, 0.6) is 5.75 Å². The zero-order valence-electron chi connectivity index (χ0n) is 11.1. The fourth-order valence-electron chi connectivity index (χ4n) is 1.13. The Morgan fingerprint density at radius 1 is 1.28 bits per heavy atom. The van der Waals surface area contributed by atoms with Crippen LogP contribution in [-0.4, -0.2) is 31.3 Å². The topological polar surface area (TPSA) is 58.6 Å². The largest absolute Gasteiger partial charge is 0.497 e. The first-order valence-electron chi connectivity index (χ1n) is 5.89. The van der Waals surface area contributed by atoms with Gasteiger partial charge in [0.05, 0.1) is 7.11 Å². The van der Waals surface area contributed by atoms with Gasteiger partial charge in [0.25, 0.3) is 0 Å². The second kappa shape index (κ2) is 10.4. The summed E-state index contributed by atoms with van der Waals surface area (Å²) in [5.41, 5.74) is 0.836. The van der Waals surface area contributed by atoms with Crippen LogP contribution >= 0.6 is 0 Å². The van der Waals surface area contributed by atoms with E-state index in [2.05, 4.69) is 19.2 Å². The second-order valence-corrected chi connectivity index (χ2v) is 3.40. The third-order valence-corrected chi connectivity index (χ3v) is 2.03. The van der Waals surface area contributed by atoms with Crippen LogP contribution in [0.4, 0.5) is 0 Å². The van der Waals surface area contributed by atoms with Gasteiger partial charge in [-0.1, -0.05) is 26.0 Å². The lowest BCUT2D eigenvalue weighted by Crippen LogP contribution is -2.09. The summed E-state index contributed by atoms with van der Waals surface area (Å²) in [4.78, 5) is 10.2. The first kappa shape index (κ1) is 16.2. The predicted octanol–water partition coefficient (Wildman–Crippen LogP) is 2.41. The number of carboxylic acid groups (broad SMARTS) is 1. The van der Waals surface area contributed by atoms with Crippen molar-refractivity contribution in [1.82, 2.24) is 5.32 Å². The standard InChI is InChI=1S/C10H10O3.C4H11N/c1-13-9-5-2-8(3-6-9)4-7-10(11)12;1-3-5-4-2/h2-7H,1H3,(H,11,12);5H,3-4H2,1-2H3. The Hall–Kier alpha value is -1.81. The minimum Gasteiger partial charge on any atom is -0.497 e. The van der Waals surface area contributed by atoms with Gasteiger partial charge >= 0.3 is 5.97 Å². The number of hydrogen-bond acceptors (Lipinski definition) is 3. The Labute approximate surface area is 108 Å². The summed E-state index contributed by atoms with van der Waals surface area (Å²) in [7, 11) is 1.59. The van der Waals surface area contributed by atoms with Crippen molar-refractivity contribution in [2.24, 2.45) is 0 Å². The maximum Gasteiger partial charge on any atom is 0.328 e. The molecule has 2 N–H and O–H groups in total. The molecule has 0 radical (unpaired) electrons. The Morgan fingerprint density at radius 3 is 2.17 bits per heavy atom. The lowest BCUT2D eigenvalue weighted by atomic mass is 10.2. The zero-order chi connectivity index (χ0) is 13.8. The molecule has 0 bridgehead atoms. The summed E-state index contributed by atoms with van der Waals surface area (Å²) in [6.45, 7) is 6.39. The molecule has 0 fully saturated rings. The average Bonchev–Trinajstić information content (AvgIpc) is 2.38. The summed E-state index contributed by atoms with van der Waals surface area (Å²) in [6, 6.07) is 7.14. The van der Waals surface area contributed by atoms with Gasteiger partial charge in [-0.25, -0.2) is 4.79 Å². The highest BCUT2D eigenvalue weighted by Gasteiger charge is 1.91. The molecule has 0 amide bonds. The van der Waals surface area contributed by atoms with E-state index in [0.29, 0.717) is 0 Å². The minimum atomic E-state index is -0.948. The van der Waals surface area contributed by atoms with E-state index < -0.39 is 5.97 Å². The molecule has 1 aromatic carbocycles. The lowest BCUT2D eigenvalue weighted by molar-refractivity contribution is -0.131. The molecule has 0 aliphatic heterocycles. The van der Waals surface area contributed by atoms with E-state index in [0.717, 1.165) is 30.5 Å². The van der Waals surface area contributed by atoms with Crippen molar-refractivity contribution in [2.75, 3.05) is 20.2 Å². The van der Waals surface area contributed by atoms with Gasteiger partial charge in [-0.3, -0.25) is 0 Å². The van der Waals surface area contributed by atoms with Crippen LogP contribution in [0, 0.1) is 0 Å². The number of carbonyl (C=O) groups is 1. The molecule has 1 rings (SSSR count). The number of benzene rings is 1. The third kappa shape index (κ3) is 8.35. The smallest absolute Gasteiger partial charge is 0.328 e. The molecular weight excluding hydrogens is 230 g/mol. The fourth-order valence-corrected chi connectivity index (χ4v) is 1.13. The molecule has 4 heteroatoms. The number of hydrogen-bond donors (Lipinski definition) is 2. The van der Waals surface area contributed by atoms with Crippen LogP contribution in [0.2, 0.25) is 0 Å². The molecule has 0 saturated heterocycles. The minimum absolute atomic E-state index is 0.757. The van der Waals surface area contributed by atoms with E-state index in [9.17, 15) is 4.79 Å². The molecular formula is C14H21NO3. The SMILES string of the molecule is CCNCC.COc1ccc(C=CC(=O)O)cc1. The van der Waals surface area contributed by atoms with Gasteiger partial charge in [0, 0.05) is 6.08 Å². The van der Waals surface area contributed by atoms with E-state index in [1.54, 1.807) is 31.4 Å². The number of rotatable bonds is 5. The highest BCUT2D eigenvalue weighted by Crippen LogP contribution is 2.11. The summed E-state index contributed by atoms with van der Waals surface area (Å²) in [6.07, 6.45) is 2.63. The van der Waals surface area contributed by atoms with Gasteiger partial charge in [-0.2, -0.15) is 0 Å². The van der Waals surface area contributed by atoms with Crippen LogP contribution in [0.25, 0.3) is 6.08 Å². The van der Waals surface area contributed by atoms with Gasteiger partial charge < -0.3 is 15.2 Å². The normalized spacial score (nSPS) is 9.72. The molecule has 1 aromatic rings. The van der Waals surface area contributed by atoms with E-state index in [1.165, 1.54) is 6.08 Å². The molecule has 0 aromatic heterocycles. The van der Waals surface area contributed by atoms with Crippen molar-refractivity contribution >= 4 is 12.0 Å². The van der Waals surface area contributed by atoms with E-state index in [4.69, 9.17) is 9.84 Å². The highest BCUT2D eigenvalue weighted by atomic mass is 16.5. The fraction of sp³-hybridized carbons (Fsp3) is 0.357. The number of carboxylic acids is 1. The maximum atomic E-state index is 10.2. The van der Waals surface area contributed by atoms with Gasteiger partial charge in [-0.05, 0) is 36.9 Å². The molecule has 0 unspecified atom stereocenters. The third-order valence-electron chi connectivity index (χ3n) is 2.03. The van der Waals surface area contributed by atoms with Gasteiger partial charge in [0.2, 0.25) is 0 Å². The maximum absolute atomic E-state index is 10.2. The van der Waals surface area contributed by atoms with E-state index in [1.807, 2.05) is 0 Å². The Kier molecular flexibility index (Phi) is 9.31. The van der Waals surface area contributed by atoms with Gasteiger partial charge in [-0.15, -0.1) is 0 Å². The monoisotopic (exact) mass is 251 g/mol. The molecule has 0 heterocycles. The highest BCUT2D eigenvalue weighted by molar-refractivity contribution is 5.85. The Morgan fingerprint density at radius 2 is 1.83 bits per heavy atom.